The largest absolute Gasteiger partial charge is 0.438 e. The predicted molar refractivity (Wildman–Crippen MR) is 237 cm³/mol. The molecule has 1 saturated carbocycles. The van der Waals surface area contributed by atoms with Crippen LogP contribution in [0.3, 0.4) is 0 Å². The Bertz CT molecular complexity index is 3150. The molecular formula is C46H49FN9O6P. The lowest BCUT2D eigenvalue weighted by Gasteiger charge is -2.34. The van der Waals surface area contributed by atoms with Crippen LogP contribution in [0.5, 0.6) is 0 Å². The van der Waals surface area contributed by atoms with Gasteiger partial charge in [0.05, 0.1) is 23.1 Å². The lowest BCUT2D eigenvalue weighted by Crippen LogP contribution is -2.41. The monoisotopic (exact) mass is 873 g/mol. The maximum atomic E-state index is 15.5. The number of ether oxygens (including phenoxy) is 1. The van der Waals surface area contributed by atoms with Crippen molar-refractivity contribution >= 4 is 34.9 Å². The summed E-state index contributed by atoms with van der Waals surface area (Å²) < 4.78 is 45.3. The Morgan fingerprint density at radius 3 is 2.33 bits per heavy atom. The molecule has 3 aromatic carbocycles. The van der Waals surface area contributed by atoms with Gasteiger partial charge in [0.1, 0.15) is 30.0 Å². The number of amides is 1. The SMILES string of the molecule is Cc1cc(-n2nc3c(c2-n2ccn(-c4ccc(P(C)(C)=O)c(N)c4)c2=O)[C@H](C)N(C(=O)c2cc4cc(C5CCOCC5)ccc4n2[C@@]2(c4noc(=O)[nH]4)C[C@@H]2C)CC3)cc(C)c1F. The van der Waals surface area contributed by atoms with Gasteiger partial charge < -0.3 is 24.5 Å². The molecule has 326 valence electrons. The highest BCUT2D eigenvalue weighted by molar-refractivity contribution is 7.70. The zero-order valence-corrected chi connectivity index (χ0v) is 36.9. The van der Waals surface area contributed by atoms with E-state index in [2.05, 4.69) is 35.3 Å². The number of imidazole rings is 1. The first kappa shape index (κ1) is 40.8. The van der Waals surface area contributed by atoms with Gasteiger partial charge in [-0.25, -0.2) is 18.7 Å². The van der Waals surface area contributed by atoms with Crippen molar-refractivity contribution in [2.24, 2.45) is 5.92 Å². The molecule has 6 heterocycles. The molecule has 0 unspecified atom stereocenters. The molecule has 3 atom stereocenters. The highest BCUT2D eigenvalue weighted by atomic mass is 31.2. The quantitative estimate of drug-likeness (QED) is 0.128. The minimum atomic E-state index is -2.68. The molecule has 2 aliphatic heterocycles. The lowest BCUT2D eigenvalue weighted by atomic mass is 9.91. The molecule has 1 saturated heterocycles. The zero-order chi connectivity index (χ0) is 44.3. The van der Waals surface area contributed by atoms with Crippen LogP contribution in [0, 0.1) is 25.6 Å². The first-order valence-electron chi connectivity index (χ1n) is 21.3. The first-order chi connectivity index (χ1) is 30.1. The summed E-state index contributed by atoms with van der Waals surface area (Å²) >= 11 is 0. The normalized spacial score (nSPS) is 20.4. The van der Waals surface area contributed by atoms with Gasteiger partial charge in [-0.2, -0.15) is 5.10 Å². The summed E-state index contributed by atoms with van der Waals surface area (Å²) in [7, 11) is -2.68. The van der Waals surface area contributed by atoms with Crippen LogP contribution in [-0.4, -0.2) is 77.5 Å². The fourth-order valence-corrected chi connectivity index (χ4v) is 11.3. The fraction of sp³-hybridized carbons (Fsp3) is 0.370. The molecule has 10 rings (SSSR count). The van der Waals surface area contributed by atoms with E-state index >= 15 is 9.18 Å². The van der Waals surface area contributed by atoms with E-state index in [0.717, 1.165) is 23.7 Å². The number of benzene rings is 3. The van der Waals surface area contributed by atoms with Gasteiger partial charge in [0.25, 0.3) is 5.91 Å². The molecule has 7 aromatic rings. The summed E-state index contributed by atoms with van der Waals surface area (Å²) in [6, 6.07) is 16.1. The average molecular weight is 874 g/mol. The van der Waals surface area contributed by atoms with Crippen molar-refractivity contribution in [2.75, 3.05) is 38.8 Å². The van der Waals surface area contributed by atoms with Gasteiger partial charge in [0, 0.05) is 66.0 Å². The van der Waals surface area contributed by atoms with Crippen LogP contribution in [0.15, 0.2) is 81.1 Å². The number of aromatic amines is 1. The van der Waals surface area contributed by atoms with E-state index in [1.54, 1.807) is 74.6 Å². The van der Waals surface area contributed by atoms with Crippen LogP contribution >= 0.6 is 7.14 Å². The number of anilines is 1. The summed E-state index contributed by atoms with van der Waals surface area (Å²) in [5.74, 6) is -0.113. The topological polar surface area (TPSA) is 181 Å². The Kier molecular flexibility index (Phi) is 9.50. The molecule has 1 aliphatic carbocycles. The number of hydrogen-bond acceptors (Lipinski definition) is 9. The van der Waals surface area contributed by atoms with Crippen molar-refractivity contribution in [3.63, 3.8) is 0 Å². The van der Waals surface area contributed by atoms with Crippen molar-refractivity contribution in [1.29, 1.82) is 0 Å². The van der Waals surface area contributed by atoms with Gasteiger partial charge >= 0.3 is 11.4 Å². The number of aromatic nitrogens is 7. The summed E-state index contributed by atoms with van der Waals surface area (Å²) in [6.07, 6.45) is 6.10. The maximum absolute atomic E-state index is 15.5. The standard InChI is InChI=1S/C46H49FN9O6P/c1-25-19-33(20-26(2)40(25)47)56-41(54-16-15-53(45(54)59)32-8-10-38(34(48)23-32)63(5,6)60)39-28(4)52(14-11-35(39)50-56)42(57)37-22-31-21-30(29-12-17-61-18-13-29)7-9-36(31)55(37)46(24-27(46)3)43-49-44(58)62-51-43/h7-10,15-16,19-23,27-29H,11-14,17-18,24,48H2,1-6H3,(H,49,51,58)/t27-,28-,46-/m0/s1. The second-order valence-corrected chi connectivity index (χ2v) is 21.1. The minimum absolute atomic E-state index is 0.0179. The average Bonchev–Trinajstić information content (AvgIpc) is 3.75. The van der Waals surface area contributed by atoms with Crippen molar-refractivity contribution < 1.29 is 23.0 Å². The molecule has 2 fully saturated rings. The van der Waals surface area contributed by atoms with E-state index in [1.165, 1.54) is 14.7 Å². The number of nitrogens with zero attached hydrogens (tertiary/aromatic N) is 7. The molecule has 17 heteroatoms. The highest BCUT2D eigenvalue weighted by Crippen LogP contribution is 2.56. The lowest BCUT2D eigenvalue weighted by molar-refractivity contribution is 0.0663. The number of nitrogen functional groups attached to an aromatic ring is 1. The molecule has 1 amide bonds. The number of H-pyrrole nitrogens is 1. The zero-order valence-electron chi connectivity index (χ0n) is 36.0. The van der Waals surface area contributed by atoms with Gasteiger partial charge in [0.2, 0.25) is 0 Å². The number of carbonyl (C=O) groups is 1. The van der Waals surface area contributed by atoms with Gasteiger partial charge in [0.15, 0.2) is 5.82 Å². The van der Waals surface area contributed by atoms with Crippen molar-refractivity contribution in [2.45, 2.75) is 70.9 Å². The molecule has 63 heavy (non-hydrogen) atoms. The third-order valence-corrected chi connectivity index (χ3v) is 15.1. The van der Waals surface area contributed by atoms with Crippen LogP contribution in [0.2, 0.25) is 0 Å². The van der Waals surface area contributed by atoms with Gasteiger partial charge in [-0.3, -0.25) is 23.4 Å². The van der Waals surface area contributed by atoms with E-state index in [-0.39, 0.29) is 17.6 Å². The fourth-order valence-electron chi connectivity index (χ4n) is 10.1. The molecule has 3 aliphatic rings. The number of rotatable bonds is 8. The molecule has 0 spiro atoms. The smallest absolute Gasteiger partial charge is 0.398 e. The summed E-state index contributed by atoms with van der Waals surface area (Å²) in [4.78, 5) is 47.1. The van der Waals surface area contributed by atoms with Gasteiger partial charge in [-0.15, -0.1) is 0 Å². The Hall–Kier alpha value is -6.25. The highest BCUT2D eigenvalue weighted by Gasteiger charge is 2.59. The number of nitrogens with one attached hydrogen (secondary N) is 1. The van der Waals surface area contributed by atoms with Crippen molar-refractivity contribution in [1.82, 2.24) is 38.5 Å². The number of halogens is 1. The number of nitrogens with two attached hydrogens (primary N) is 1. The van der Waals surface area contributed by atoms with Crippen molar-refractivity contribution in [3.8, 4) is 17.2 Å². The third kappa shape index (κ3) is 6.47. The van der Waals surface area contributed by atoms with E-state index in [1.807, 2.05) is 22.5 Å². The first-order valence-corrected chi connectivity index (χ1v) is 23.9. The van der Waals surface area contributed by atoms with Crippen molar-refractivity contribution in [3.05, 3.63) is 133 Å². The van der Waals surface area contributed by atoms with Gasteiger partial charge in [-0.05, 0) is 130 Å². The molecule has 0 radical (unpaired) electrons. The van der Waals surface area contributed by atoms with E-state index < -0.39 is 30.2 Å². The molecule has 15 nitrogen and oxygen atoms in total. The maximum Gasteiger partial charge on any atom is 0.438 e. The Balaban J connectivity index is 1.12. The Morgan fingerprint density at radius 2 is 1.68 bits per heavy atom. The molecule has 0 bridgehead atoms. The second-order valence-electron chi connectivity index (χ2n) is 17.9. The van der Waals surface area contributed by atoms with E-state index in [4.69, 9.17) is 20.1 Å². The molecule has 3 N–H and O–H groups in total. The third-order valence-electron chi connectivity index (χ3n) is 13.5. The number of carbonyl (C=O) groups excluding carboxylic acids is 1. The Morgan fingerprint density at radius 1 is 0.968 bits per heavy atom. The number of hydrogen-bond donors (Lipinski definition) is 2. The second kappa shape index (κ2) is 14.7. The molecular weight excluding hydrogens is 825 g/mol. The predicted octanol–water partition coefficient (Wildman–Crippen LogP) is 6.47. The molecule has 4 aromatic heterocycles. The minimum Gasteiger partial charge on any atom is -0.398 e. The van der Waals surface area contributed by atoms with Crippen LogP contribution in [0.1, 0.15) is 89.3 Å². The van der Waals surface area contributed by atoms with Crippen LogP contribution in [0.25, 0.3) is 28.1 Å². The summed E-state index contributed by atoms with van der Waals surface area (Å²) in [5, 5.41) is 10.7. The number of fused-ring (bicyclic) bond motifs is 2. The van der Waals surface area contributed by atoms with E-state index in [0.29, 0.717) is 101 Å². The van der Waals surface area contributed by atoms with E-state index in [9.17, 15) is 14.2 Å². The van der Waals surface area contributed by atoms with Crippen LogP contribution < -0.4 is 22.5 Å². The van der Waals surface area contributed by atoms with Gasteiger partial charge in [-0.1, -0.05) is 18.1 Å². The number of aryl methyl sites for hydroxylation is 2. The summed E-state index contributed by atoms with van der Waals surface area (Å²) in [6.45, 7) is 12.4. The van der Waals surface area contributed by atoms with Crippen LogP contribution in [0.4, 0.5) is 10.1 Å². The van der Waals surface area contributed by atoms with Crippen LogP contribution in [-0.2, 0) is 21.3 Å². The Labute approximate surface area is 361 Å². The summed E-state index contributed by atoms with van der Waals surface area (Å²) in [5.41, 5.74) is 11.1.